The van der Waals surface area contributed by atoms with Crippen molar-refractivity contribution in [2.45, 2.75) is 24.2 Å². The molecule has 0 bridgehead atoms. The van der Waals surface area contributed by atoms with E-state index in [1.165, 1.54) is 7.11 Å². The summed E-state index contributed by atoms with van der Waals surface area (Å²) in [5, 5.41) is 0. The third-order valence-electron chi connectivity index (χ3n) is 3.30. The van der Waals surface area contributed by atoms with E-state index in [2.05, 4.69) is 9.46 Å². The maximum atomic E-state index is 12.4. The van der Waals surface area contributed by atoms with Crippen molar-refractivity contribution in [3.63, 3.8) is 0 Å². The van der Waals surface area contributed by atoms with E-state index in [-0.39, 0.29) is 4.90 Å². The molecule has 136 valence electrons. The molecule has 0 heterocycles. The Balaban J connectivity index is 2.18. The van der Waals surface area contributed by atoms with Gasteiger partial charge in [-0.2, -0.15) is 0 Å². The number of ether oxygens (including phenoxy) is 2. The summed E-state index contributed by atoms with van der Waals surface area (Å²) in [6.45, 7) is 1.64. The van der Waals surface area contributed by atoms with Crippen LogP contribution in [-0.4, -0.2) is 21.9 Å². The number of hydrogen-bond donors (Lipinski definition) is 1. The minimum Gasteiger partial charge on any atom is -0.496 e. The van der Waals surface area contributed by atoms with Crippen LogP contribution in [0.5, 0.6) is 11.5 Å². The lowest BCUT2D eigenvalue weighted by Crippen LogP contribution is -2.27. The highest BCUT2D eigenvalue weighted by atomic mass is 32.2. The van der Waals surface area contributed by atoms with Crippen LogP contribution in [0.25, 0.3) is 0 Å². The zero-order valence-corrected chi connectivity index (χ0v) is 14.2. The fourth-order valence-corrected chi connectivity index (χ4v) is 3.43. The smallest absolute Gasteiger partial charge is 0.496 e. The van der Waals surface area contributed by atoms with E-state index in [1.807, 2.05) is 0 Å². The van der Waals surface area contributed by atoms with Gasteiger partial charge in [-0.25, -0.2) is 13.1 Å². The minimum absolute atomic E-state index is 0.177. The van der Waals surface area contributed by atoms with Crippen LogP contribution in [0.4, 0.5) is 13.2 Å². The number of benzene rings is 2. The molecular weight excluding hydrogens is 359 g/mol. The van der Waals surface area contributed by atoms with Crippen LogP contribution in [0.15, 0.2) is 53.4 Å². The van der Waals surface area contributed by atoms with E-state index < -0.39 is 28.2 Å². The SMILES string of the molecule is COc1ccccc1[C@@H](C)NS(=O)(=O)c1ccc(OC(F)(F)F)cc1. The normalized spacial score (nSPS) is 13.3. The Labute approximate surface area is 143 Å². The third kappa shape index (κ3) is 5.10. The molecule has 2 rings (SSSR count). The van der Waals surface area contributed by atoms with Gasteiger partial charge in [-0.15, -0.1) is 13.2 Å². The summed E-state index contributed by atoms with van der Waals surface area (Å²) < 4.78 is 72.6. The Kier molecular flexibility index (Phi) is 5.58. The number of rotatable bonds is 6. The minimum atomic E-state index is -4.84. The first-order chi connectivity index (χ1) is 11.6. The average Bonchev–Trinajstić information content (AvgIpc) is 2.53. The second-order valence-electron chi connectivity index (χ2n) is 5.10. The second-order valence-corrected chi connectivity index (χ2v) is 6.82. The fraction of sp³-hybridized carbons (Fsp3) is 0.250. The standard InChI is InChI=1S/C16H16F3NO4S/c1-11(14-5-3-4-6-15(14)23-2)20-25(21,22)13-9-7-12(8-10-13)24-16(17,18)19/h3-11,20H,1-2H3/t11-/m1/s1. The number of alkyl halides is 3. The van der Waals surface area contributed by atoms with Gasteiger partial charge in [0, 0.05) is 11.6 Å². The molecule has 0 saturated carbocycles. The molecule has 25 heavy (non-hydrogen) atoms. The molecule has 0 radical (unpaired) electrons. The first-order valence-electron chi connectivity index (χ1n) is 7.13. The highest BCUT2D eigenvalue weighted by Crippen LogP contribution is 2.27. The lowest BCUT2D eigenvalue weighted by atomic mass is 10.1. The van der Waals surface area contributed by atoms with Crippen molar-refractivity contribution in [2.75, 3.05) is 7.11 Å². The van der Waals surface area contributed by atoms with Crippen molar-refractivity contribution in [1.82, 2.24) is 4.72 Å². The molecular formula is C16H16F3NO4S. The molecule has 0 aliphatic carbocycles. The van der Waals surface area contributed by atoms with Gasteiger partial charge in [0.2, 0.25) is 10.0 Å². The number of methoxy groups -OCH3 is 1. The summed E-state index contributed by atoms with van der Waals surface area (Å²) in [7, 11) is -2.46. The molecule has 0 aliphatic heterocycles. The van der Waals surface area contributed by atoms with Gasteiger partial charge in [-0.05, 0) is 37.3 Å². The molecule has 9 heteroatoms. The van der Waals surface area contributed by atoms with Crippen molar-refractivity contribution >= 4 is 10.0 Å². The number of halogens is 3. The number of hydrogen-bond acceptors (Lipinski definition) is 4. The van der Waals surface area contributed by atoms with E-state index >= 15 is 0 Å². The molecule has 2 aromatic carbocycles. The van der Waals surface area contributed by atoms with E-state index in [9.17, 15) is 21.6 Å². The molecule has 0 aromatic heterocycles. The van der Waals surface area contributed by atoms with Crippen LogP contribution >= 0.6 is 0 Å². The number of sulfonamides is 1. The summed E-state index contributed by atoms with van der Waals surface area (Å²) in [5.41, 5.74) is 0.630. The number of para-hydroxylation sites is 1. The van der Waals surface area contributed by atoms with Gasteiger partial charge in [0.05, 0.1) is 12.0 Å². The van der Waals surface area contributed by atoms with Crippen LogP contribution in [-0.2, 0) is 10.0 Å². The molecule has 0 saturated heterocycles. The predicted molar refractivity (Wildman–Crippen MR) is 84.9 cm³/mol. The Morgan fingerprint density at radius 3 is 2.20 bits per heavy atom. The largest absolute Gasteiger partial charge is 0.573 e. The molecule has 0 fully saturated rings. The monoisotopic (exact) mass is 375 g/mol. The third-order valence-corrected chi connectivity index (χ3v) is 4.86. The first kappa shape index (κ1) is 19.1. The lowest BCUT2D eigenvalue weighted by Gasteiger charge is -2.17. The number of nitrogens with one attached hydrogen (secondary N) is 1. The summed E-state index contributed by atoms with van der Waals surface area (Å²) in [4.78, 5) is -0.177. The highest BCUT2D eigenvalue weighted by Gasteiger charge is 2.31. The van der Waals surface area contributed by atoms with Gasteiger partial charge >= 0.3 is 6.36 Å². The Morgan fingerprint density at radius 2 is 1.64 bits per heavy atom. The Hall–Kier alpha value is -2.26. The van der Waals surface area contributed by atoms with Gasteiger partial charge in [-0.1, -0.05) is 18.2 Å². The zero-order valence-electron chi connectivity index (χ0n) is 13.4. The van der Waals surface area contributed by atoms with Gasteiger partial charge < -0.3 is 9.47 Å². The van der Waals surface area contributed by atoms with Crippen LogP contribution in [0, 0.1) is 0 Å². The van der Waals surface area contributed by atoms with Gasteiger partial charge in [0.25, 0.3) is 0 Å². The van der Waals surface area contributed by atoms with E-state index in [1.54, 1.807) is 31.2 Å². The van der Waals surface area contributed by atoms with Gasteiger partial charge in [-0.3, -0.25) is 0 Å². The Bertz CT molecular complexity index is 820. The molecule has 0 unspecified atom stereocenters. The van der Waals surface area contributed by atoms with Gasteiger partial charge in [0.15, 0.2) is 0 Å². The van der Waals surface area contributed by atoms with Crippen molar-refractivity contribution in [1.29, 1.82) is 0 Å². The molecule has 1 N–H and O–H groups in total. The van der Waals surface area contributed by atoms with Crippen molar-refractivity contribution in [3.8, 4) is 11.5 Å². The van der Waals surface area contributed by atoms with Crippen molar-refractivity contribution in [2.24, 2.45) is 0 Å². The lowest BCUT2D eigenvalue weighted by molar-refractivity contribution is -0.274. The van der Waals surface area contributed by atoms with Gasteiger partial charge in [0.1, 0.15) is 11.5 Å². The topological polar surface area (TPSA) is 64.6 Å². The van der Waals surface area contributed by atoms with E-state index in [0.29, 0.717) is 11.3 Å². The van der Waals surface area contributed by atoms with Crippen LogP contribution in [0.1, 0.15) is 18.5 Å². The molecule has 0 aliphatic rings. The molecule has 2 aromatic rings. The van der Waals surface area contributed by atoms with Crippen molar-refractivity contribution in [3.05, 3.63) is 54.1 Å². The fourth-order valence-electron chi connectivity index (χ4n) is 2.21. The quantitative estimate of drug-likeness (QED) is 0.837. The van der Waals surface area contributed by atoms with Crippen LogP contribution in [0.2, 0.25) is 0 Å². The molecule has 0 spiro atoms. The van der Waals surface area contributed by atoms with E-state index in [4.69, 9.17) is 4.74 Å². The van der Waals surface area contributed by atoms with E-state index in [0.717, 1.165) is 24.3 Å². The second kappa shape index (κ2) is 7.32. The average molecular weight is 375 g/mol. The predicted octanol–water partition coefficient (Wildman–Crippen LogP) is 3.63. The van der Waals surface area contributed by atoms with Crippen LogP contribution < -0.4 is 14.2 Å². The van der Waals surface area contributed by atoms with Crippen LogP contribution in [0.3, 0.4) is 0 Å². The summed E-state index contributed by atoms with van der Waals surface area (Å²) >= 11 is 0. The first-order valence-corrected chi connectivity index (χ1v) is 8.62. The summed E-state index contributed by atoms with van der Waals surface area (Å²) in [6, 6.07) is 10.3. The zero-order chi connectivity index (χ0) is 18.7. The summed E-state index contributed by atoms with van der Waals surface area (Å²) in [5.74, 6) is 0.0239. The Morgan fingerprint density at radius 1 is 1.04 bits per heavy atom. The highest BCUT2D eigenvalue weighted by molar-refractivity contribution is 7.89. The van der Waals surface area contributed by atoms with Crippen molar-refractivity contribution < 1.29 is 31.1 Å². The molecule has 1 atom stereocenters. The maximum absolute atomic E-state index is 12.4. The maximum Gasteiger partial charge on any atom is 0.573 e. The molecule has 5 nitrogen and oxygen atoms in total. The molecule has 0 amide bonds. The summed E-state index contributed by atoms with van der Waals surface area (Å²) in [6.07, 6.45) is -4.84.